The Labute approximate surface area is 221 Å². The number of rotatable bonds is 8. The van der Waals surface area contributed by atoms with Crippen molar-refractivity contribution >= 4 is 0 Å². The van der Waals surface area contributed by atoms with Gasteiger partial charge in [0.25, 0.3) is 0 Å². The van der Waals surface area contributed by atoms with Gasteiger partial charge in [-0.2, -0.15) is 5.26 Å². The highest BCUT2D eigenvalue weighted by Gasteiger charge is 2.38. The first-order valence-electron chi connectivity index (χ1n) is 13.8. The van der Waals surface area contributed by atoms with Crippen LogP contribution in [0.4, 0.5) is 4.39 Å². The molecule has 1 N–H and O–H groups in total. The fourth-order valence-electron chi connectivity index (χ4n) is 6.10. The molecule has 0 amide bonds. The Balaban J connectivity index is 1.32. The van der Waals surface area contributed by atoms with E-state index in [-0.39, 0.29) is 11.2 Å². The number of hydrogen-bond acceptors (Lipinski definition) is 3. The van der Waals surface area contributed by atoms with Crippen LogP contribution in [0, 0.1) is 11.3 Å². The summed E-state index contributed by atoms with van der Waals surface area (Å²) < 4.78 is 14.1. The van der Waals surface area contributed by atoms with Crippen molar-refractivity contribution in [2.45, 2.75) is 76.2 Å². The lowest BCUT2D eigenvalue weighted by atomic mass is 9.69. The lowest BCUT2D eigenvalue weighted by Crippen LogP contribution is -2.49. The summed E-state index contributed by atoms with van der Waals surface area (Å²) in [5.41, 5.74) is 7.16. The van der Waals surface area contributed by atoms with Crippen molar-refractivity contribution in [2.75, 3.05) is 13.1 Å². The van der Waals surface area contributed by atoms with Gasteiger partial charge in [-0.15, -0.1) is 0 Å². The smallest absolute Gasteiger partial charge is 0.123 e. The lowest BCUT2D eigenvalue weighted by Gasteiger charge is -2.47. The normalized spacial score (nSPS) is 20.1. The molecular weight excluding hydrogens is 457 g/mol. The molecule has 2 fully saturated rings. The number of piperidine rings is 1. The Kier molecular flexibility index (Phi) is 7.63. The Bertz CT molecular complexity index is 1240. The highest BCUT2D eigenvalue weighted by atomic mass is 19.1. The molecule has 1 saturated carbocycles. The average Bonchev–Trinajstić information content (AvgIpc) is 2.90. The molecule has 3 nitrogen and oxygen atoms in total. The van der Waals surface area contributed by atoms with Gasteiger partial charge in [-0.1, -0.05) is 49.4 Å². The Morgan fingerprint density at radius 3 is 2.51 bits per heavy atom. The van der Waals surface area contributed by atoms with Crippen molar-refractivity contribution < 1.29 is 4.39 Å². The van der Waals surface area contributed by atoms with E-state index in [2.05, 4.69) is 53.2 Å². The van der Waals surface area contributed by atoms with Gasteiger partial charge in [0, 0.05) is 17.4 Å². The number of nitrogens with one attached hydrogen (secondary N) is 1. The third kappa shape index (κ3) is 5.73. The summed E-state index contributed by atoms with van der Waals surface area (Å²) in [7, 11) is 0. The molecule has 37 heavy (non-hydrogen) atoms. The first-order valence-corrected chi connectivity index (χ1v) is 13.8. The molecule has 0 spiro atoms. The van der Waals surface area contributed by atoms with Crippen molar-refractivity contribution in [1.29, 1.82) is 5.26 Å². The minimum Gasteiger partial charge on any atom is -0.363 e. The Morgan fingerprint density at radius 1 is 1.11 bits per heavy atom. The van der Waals surface area contributed by atoms with Gasteiger partial charge in [0.1, 0.15) is 5.83 Å². The maximum Gasteiger partial charge on any atom is 0.123 e. The molecule has 0 radical (unpaired) electrons. The topological polar surface area (TPSA) is 39.1 Å². The quantitative estimate of drug-likeness (QED) is 0.404. The molecule has 1 aliphatic heterocycles. The number of hydrogen-bond donors (Lipinski definition) is 1. The molecule has 1 heterocycles. The molecule has 0 atom stereocenters. The van der Waals surface area contributed by atoms with Crippen molar-refractivity contribution in [1.82, 2.24) is 10.2 Å². The van der Waals surface area contributed by atoms with Gasteiger partial charge in [-0.05, 0) is 117 Å². The molecule has 1 saturated heterocycles. The highest BCUT2D eigenvalue weighted by molar-refractivity contribution is 5.65. The summed E-state index contributed by atoms with van der Waals surface area (Å²) in [5.74, 6) is -0.109. The van der Waals surface area contributed by atoms with Crippen molar-refractivity contribution in [3.8, 4) is 17.2 Å². The number of benzene rings is 2. The van der Waals surface area contributed by atoms with Crippen molar-refractivity contribution in [3.05, 3.63) is 95.1 Å². The molecule has 5 rings (SSSR count). The van der Waals surface area contributed by atoms with Gasteiger partial charge in [-0.3, -0.25) is 0 Å². The largest absolute Gasteiger partial charge is 0.363 e. The van der Waals surface area contributed by atoms with E-state index >= 15 is 0 Å². The third-order valence-electron chi connectivity index (χ3n) is 8.89. The van der Waals surface area contributed by atoms with Crippen LogP contribution >= 0.6 is 0 Å². The van der Waals surface area contributed by atoms with Gasteiger partial charge < -0.3 is 10.2 Å². The fourth-order valence-corrected chi connectivity index (χ4v) is 6.10. The molecule has 3 aliphatic rings. The summed E-state index contributed by atoms with van der Waals surface area (Å²) in [5, 5.41) is 12.7. The van der Waals surface area contributed by atoms with Crippen LogP contribution < -0.4 is 5.32 Å². The van der Waals surface area contributed by atoms with Crippen LogP contribution in [0.3, 0.4) is 0 Å². The zero-order valence-corrected chi connectivity index (χ0v) is 22.0. The Morgan fingerprint density at radius 2 is 1.86 bits per heavy atom. The predicted octanol–water partition coefficient (Wildman–Crippen LogP) is 7.92. The summed E-state index contributed by atoms with van der Waals surface area (Å²) >= 11 is 0. The van der Waals surface area contributed by atoms with Crippen molar-refractivity contribution in [3.63, 3.8) is 0 Å². The summed E-state index contributed by atoms with van der Waals surface area (Å²) in [6, 6.07) is 19.9. The second kappa shape index (κ2) is 11.1. The molecule has 4 heteroatoms. The van der Waals surface area contributed by atoms with Crippen LogP contribution in [0.5, 0.6) is 0 Å². The second-order valence-corrected chi connectivity index (χ2v) is 11.2. The standard InChI is InChI=1S/C33H38FN3/c1-24-9-14-30(22-32(24)34)36-25(2)15-16-33(17-19-37(20-18-33)31-7-4-8-31)29-12-10-27(11-13-29)28-6-3-5-26(21-28)23-35/h3,5-6,10-13,21-22,31,36H,2,4,7-9,14-20H2,1H3. The van der Waals surface area contributed by atoms with E-state index < -0.39 is 0 Å². The van der Waals surface area contributed by atoms with Crippen LogP contribution in [0.25, 0.3) is 11.1 Å². The minimum atomic E-state index is -0.109. The maximum atomic E-state index is 14.1. The van der Waals surface area contributed by atoms with Gasteiger partial charge in [-0.25, -0.2) is 4.39 Å². The third-order valence-corrected chi connectivity index (χ3v) is 8.89. The number of allylic oxidation sites excluding steroid dienone is 5. The van der Waals surface area contributed by atoms with Crippen LogP contribution in [0.15, 0.2) is 84.0 Å². The molecular formula is C33H38FN3. The molecule has 2 aromatic carbocycles. The molecule has 192 valence electrons. The van der Waals surface area contributed by atoms with Gasteiger partial charge in [0.05, 0.1) is 11.6 Å². The van der Waals surface area contributed by atoms with Crippen LogP contribution in [-0.4, -0.2) is 24.0 Å². The number of halogens is 1. The highest BCUT2D eigenvalue weighted by Crippen LogP contribution is 2.43. The van der Waals surface area contributed by atoms with E-state index in [9.17, 15) is 9.65 Å². The van der Waals surface area contributed by atoms with E-state index in [0.717, 1.165) is 85.8 Å². The van der Waals surface area contributed by atoms with Gasteiger partial charge in [0.2, 0.25) is 0 Å². The van der Waals surface area contributed by atoms with Crippen LogP contribution in [0.1, 0.15) is 75.8 Å². The van der Waals surface area contributed by atoms with E-state index in [0.29, 0.717) is 5.56 Å². The summed E-state index contributed by atoms with van der Waals surface area (Å²) in [6.07, 6.45) is 11.5. The van der Waals surface area contributed by atoms with E-state index in [1.54, 1.807) is 6.08 Å². The summed E-state index contributed by atoms with van der Waals surface area (Å²) in [4.78, 5) is 2.71. The molecule has 0 unspecified atom stereocenters. The molecule has 2 aromatic rings. The molecule has 0 aromatic heterocycles. The van der Waals surface area contributed by atoms with Crippen molar-refractivity contribution in [2.24, 2.45) is 0 Å². The number of nitriles is 1. The van der Waals surface area contributed by atoms with E-state index in [1.165, 1.54) is 24.8 Å². The first-order chi connectivity index (χ1) is 18.0. The zero-order chi connectivity index (χ0) is 25.8. The second-order valence-electron chi connectivity index (χ2n) is 11.2. The van der Waals surface area contributed by atoms with Crippen LogP contribution in [0.2, 0.25) is 0 Å². The fraction of sp³-hybridized carbons (Fsp3) is 0.424. The lowest BCUT2D eigenvalue weighted by molar-refractivity contribution is 0.0697. The van der Waals surface area contributed by atoms with Crippen LogP contribution in [-0.2, 0) is 5.41 Å². The minimum absolute atomic E-state index is 0.109. The SMILES string of the molecule is C=C(CCC1(c2ccc(-c3cccc(C#N)c3)cc2)CCN(C2CCC2)CC1)NC1=CC(F)=C(C)CC1. The number of nitrogens with zero attached hydrogens (tertiary/aromatic N) is 2. The zero-order valence-electron chi connectivity index (χ0n) is 22.0. The molecule has 0 bridgehead atoms. The monoisotopic (exact) mass is 495 g/mol. The maximum absolute atomic E-state index is 14.1. The predicted molar refractivity (Wildman–Crippen MR) is 149 cm³/mol. The van der Waals surface area contributed by atoms with Gasteiger partial charge in [0.15, 0.2) is 0 Å². The summed E-state index contributed by atoms with van der Waals surface area (Å²) in [6.45, 7) is 8.47. The Hall–Kier alpha value is -3.16. The van der Waals surface area contributed by atoms with E-state index in [4.69, 9.17) is 0 Å². The first kappa shape index (κ1) is 25.5. The average molecular weight is 496 g/mol. The van der Waals surface area contributed by atoms with Gasteiger partial charge >= 0.3 is 0 Å². The molecule has 2 aliphatic carbocycles. The number of likely N-dealkylation sites (tertiary alicyclic amines) is 1. The van der Waals surface area contributed by atoms with E-state index in [1.807, 2.05) is 25.1 Å².